The van der Waals surface area contributed by atoms with Crippen molar-refractivity contribution in [1.29, 1.82) is 0 Å². The summed E-state index contributed by atoms with van der Waals surface area (Å²) in [5.74, 6) is 0. The van der Waals surface area contributed by atoms with Crippen LogP contribution >= 0.6 is 26.7 Å². The first kappa shape index (κ1) is 14.1. The third-order valence-corrected chi connectivity index (χ3v) is 2.80. The molecular formula is C5H13O7P3. The van der Waals surface area contributed by atoms with E-state index in [0.29, 0.717) is 26.4 Å². The normalized spacial score (nSPS) is 34.4. The third-order valence-electron chi connectivity index (χ3n) is 1.75. The fourth-order valence-electron chi connectivity index (χ4n) is 1.06. The van der Waals surface area contributed by atoms with Crippen molar-refractivity contribution in [2.45, 2.75) is 0 Å². The largest absolute Gasteiger partial charge is 0.335 e. The second-order valence-electron chi connectivity index (χ2n) is 3.09. The van der Waals surface area contributed by atoms with Gasteiger partial charge in [0.2, 0.25) is 0 Å². The molecule has 2 fully saturated rings. The van der Waals surface area contributed by atoms with Gasteiger partial charge in [-0.1, -0.05) is 0 Å². The summed E-state index contributed by atoms with van der Waals surface area (Å²) >= 11 is 0. The minimum absolute atomic E-state index is 0.0174. The zero-order chi connectivity index (χ0) is 11.1. The van der Waals surface area contributed by atoms with E-state index in [-0.39, 0.29) is 23.5 Å². The lowest BCUT2D eigenvalue weighted by atomic mass is 9.93. The molecule has 0 saturated carbocycles. The topological polar surface area (TPSA) is 97.6 Å². The molecule has 0 atom stereocenters. The summed E-state index contributed by atoms with van der Waals surface area (Å²) in [6.07, 6.45) is 0. The maximum atomic E-state index is 7.23. The van der Waals surface area contributed by atoms with E-state index in [1.807, 2.05) is 0 Å². The summed E-state index contributed by atoms with van der Waals surface area (Å²) in [6, 6.07) is 0. The van der Waals surface area contributed by atoms with E-state index in [1.54, 1.807) is 0 Å². The molecule has 0 radical (unpaired) electrons. The van der Waals surface area contributed by atoms with Crippen LogP contribution in [0, 0.1) is 5.41 Å². The molecule has 0 aromatic carbocycles. The van der Waals surface area contributed by atoms with Crippen molar-refractivity contribution < 1.29 is 32.8 Å². The highest BCUT2D eigenvalue weighted by Crippen LogP contribution is 2.38. The van der Waals surface area contributed by atoms with Gasteiger partial charge in [0.1, 0.15) is 0 Å². The van der Waals surface area contributed by atoms with Gasteiger partial charge in [-0.05, 0) is 0 Å². The van der Waals surface area contributed by atoms with Crippen molar-refractivity contribution >= 4 is 26.7 Å². The lowest BCUT2D eigenvalue weighted by Crippen LogP contribution is -2.42. The van der Waals surface area contributed by atoms with Gasteiger partial charge in [0.25, 0.3) is 0 Å². The summed E-state index contributed by atoms with van der Waals surface area (Å²) in [5.41, 5.74) is -0.0174. The molecule has 0 unspecified atom stereocenters. The summed E-state index contributed by atoms with van der Waals surface area (Å²) < 4.78 is 20.8. The number of rotatable bonds is 0. The van der Waals surface area contributed by atoms with Gasteiger partial charge in [-0.25, -0.2) is 0 Å². The van der Waals surface area contributed by atoms with Gasteiger partial charge in [0.15, 0.2) is 18.1 Å². The van der Waals surface area contributed by atoms with Crippen LogP contribution in [0.5, 0.6) is 0 Å². The summed E-state index contributed by atoms with van der Waals surface area (Å²) in [5, 5.41) is 0. The van der Waals surface area contributed by atoms with E-state index < -0.39 is 8.60 Å². The van der Waals surface area contributed by atoms with E-state index >= 15 is 0 Å². The Labute approximate surface area is 92.0 Å². The lowest BCUT2D eigenvalue weighted by Gasteiger charge is -2.37. The Morgan fingerprint density at radius 2 is 1.07 bits per heavy atom. The van der Waals surface area contributed by atoms with Gasteiger partial charge in [0, 0.05) is 0 Å². The Morgan fingerprint density at radius 3 is 1.33 bits per heavy atom. The van der Waals surface area contributed by atoms with Crippen molar-refractivity contribution in [3.05, 3.63) is 0 Å². The number of hydrogen-bond acceptors (Lipinski definition) is 7. The zero-order valence-corrected chi connectivity index (χ0v) is 10.6. The van der Waals surface area contributed by atoms with Crippen molar-refractivity contribution in [2.75, 3.05) is 26.4 Å². The number of hydrogen-bond donors (Lipinski definition) is 3. The second-order valence-corrected chi connectivity index (χ2v) is 5.11. The van der Waals surface area contributed by atoms with Crippen LogP contribution in [0.15, 0.2) is 0 Å². The fraction of sp³-hybridized carbons (Fsp3) is 1.00. The molecule has 2 rings (SSSR count). The van der Waals surface area contributed by atoms with E-state index in [4.69, 9.17) is 32.8 Å². The smallest absolute Gasteiger partial charge is 0.324 e. The Morgan fingerprint density at radius 1 is 0.800 bits per heavy atom. The first-order valence-electron chi connectivity index (χ1n) is 3.99. The fourth-order valence-corrected chi connectivity index (χ4v) is 2.69. The SMILES string of the molecule is C1OPOCC12COPOC2.OP(O)O. The molecule has 2 saturated heterocycles. The Bertz CT molecular complexity index is 146. The molecule has 2 aliphatic rings. The van der Waals surface area contributed by atoms with Crippen LogP contribution < -0.4 is 0 Å². The maximum Gasteiger partial charge on any atom is 0.324 e. The van der Waals surface area contributed by atoms with Crippen molar-refractivity contribution in [2.24, 2.45) is 5.41 Å². The van der Waals surface area contributed by atoms with E-state index in [1.165, 1.54) is 0 Å². The molecule has 0 bridgehead atoms. The van der Waals surface area contributed by atoms with Crippen LogP contribution in [-0.4, -0.2) is 41.1 Å². The maximum absolute atomic E-state index is 7.23. The predicted octanol–water partition coefficient (Wildman–Crippen LogP) is 0.274. The summed E-state index contributed by atoms with van der Waals surface area (Å²) in [7, 11) is -2.24. The van der Waals surface area contributed by atoms with Crippen LogP contribution in [0.1, 0.15) is 0 Å². The van der Waals surface area contributed by atoms with Gasteiger partial charge in [-0.3, -0.25) is 0 Å². The highest BCUT2D eigenvalue weighted by atomic mass is 31.2. The molecule has 15 heavy (non-hydrogen) atoms. The van der Waals surface area contributed by atoms with Crippen LogP contribution in [0.4, 0.5) is 0 Å². The van der Waals surface area contributed by atoms with E-state index in [9.17, 15) is 0 Å². The monoisotopic (exact) mass is 278 g/mol. The lowest BCUT2D eigenvalue weighted by molar-refractivity contribution is -0.0446. The summed E-state index contributed by atoms with van der Waals surface area (Å²) in [4.78, 5) is 21.7. The molecule has 10 heteroatoms. The molecule has 0 aromatic heterocycles. The first-order chi connectivity index (χ1) is 7.15. The van der Waals surface area contributed by atoms with Gasteiger partial charge in [-0.2, -0.15) is 0 Å². The van der Waals surface area contributed by atoms with Crippen molar-refractivity contribution in [3.8, 4) is 0 Å². The minimum atomic E-state index is -2.62. The van der Waals surface area contributed by atoms with Crippen molar-refractivity contribution in [3.63, 3.8) is 0 Å². The molecule has 3 N–H and O–H groups in total. The van der Waals surface area contributed by atoms with Crippen LogP contribution in [0.25, 0.3) is 0 Å². The Balaban J connectivity index is 0.000000245. The molecule has 1 spiro atoms. The highest BCUT2D eigenvalue weighted by molar-refractivity contribution is 7.38. The minimum Gasteiger partial charge on any atom is -0.335 e. The highest BCUT2D eigenvalue weighted by Gasteiger charge is 2.37. The van der Waals surface area contributed by atoms with Crippen molar-refractivity contribution in [1.82, 2.24) is 0 Å². The van der Waals surface area contributed by atoms with Crippen LogP contribution in [0.2, 0.25) is 0 Å². The molecule has 90 valence electrons. The quantitative estimate of drug-likeness (QED) is 0.547. The van der Waals surface area contributed by atoms with Gasteiger partial charge < -0.3 is 32.8 Å². The molecule has 0 aliphatic carbocycles. The average molecular weight is 278 g/mol. The molecular weight excluding hydrogens is 265 g/mol. The predicted molar refractivity (Wildman–Crippen MR) is 56.4 cm³/mol. The van der Waals surface area contributed by atoms with E-state index in [2.05, 4.69) is 0 Å². The molecule has 2 heterocycles. The van der Waals surface area contributed by atoms with Gasteiger partial charge in [0.05, 0.1) is 31.8 Å². The molecule has 7 nitrogen and oxygen atoms in total. The zero-order valence-electron chi connectivity index (χ0n) is 7.75. The van der Waals surface area contributed by atoms with Gasteiger partial charge in [-0.15, -0.1) is 0 Å². The molecule has 0 aromatic rings. The van der Waals surface area contributed by atoms with Crippen LogP contribution in [0.3, 0.4) is 0 Å². The Hall–Kier alpha value is 1.01. The third kappa shape index (κ3) is 5.76. The standard InChI is InChI=1S/C5H10O4P2.H3O3P/c1-5(2-7-10-6-1)3-8-11-9-4-5;1-4(2)3/h10-11H,1-4H2;1-3H. The van der Waals surface area contributed by atoms with E-state index in [0.717, 1.165) is 0 Å². The first-order valence-corrected chi connectivity index (χ1v) is 6.82. The second kappa shape index (κ2) is 7.36. The molecule has 0 amide bonds. The molecule has 2 aliphatic heterocycles. The Kier molecular flexibility index (Phi) is 6.90. The van der Waals surface area contributed by atoms with Crippen LogP contribution in [-0.2, 0) is 18.1 Å². The summed E-state index contributed by atoms with van der Waals surface area (Å²) in [6.45, 7) is 2.82. The average Bonchev–Trinajstić information content (AvgIpc) is 2.19. The van der Waals surface area contributed by atoms with Gasteiger partial charge >= 0.3 is 8.60 Å².